The predicted molar refractivity (Wildman–Crippen MR) is 139 cm³/mol. The van der Waals surface area contributed by atoms with Crippen LogP contribution in [0.5, 0.6) is 0 Å². The minimum absolute atomic E-state index is 0.0292. The Morgan fingerprint density at radius 2 is 1.76 bits per heavy atom. The third kappa shape index (κ3) is 6.25. The van der Waals surface area contributed by atoms with Crippen LogP contribution in [-0.2, 0) is 15.7 Å². The molecule has 1 aliphatic carbocycles. The molecule has 2 N–H and O–H groups in total. The molecule has 2 saturated heterocycles. The number of halogens is 5. The Hall–Kier alpha value is -3.05. The minimum atomic E-state index is -4.70. The number of aromatic carboxylic acids is 1. The molecule has 3 atom stereocenters. The molecule has 41 heavy (non-hydrogen) atoms. The van der Waals surface area contributed by atoms with Gasteiger partial charge in [-0.05, 0) is 112 Å². The number of hydrogen-bond donors (Lipinski definition) is 2. The fourth-order valence-electron chi connectivity index (χ4n) is 6.29. The SMILES string of the molecule is C[C@@H](NC(=O)[C@@]1(C2CC2)CC[C@@H](N2CCC(c3ccc(F)c(C(=O)O)c3)CC2)CO1)c1cc(F)cc(C(F)(F)F)c1. The first kappa shape index (κ1) is 29.4. The number of hydrogen-bond acceptors (Lipinski definition) is 4. The summed E-state index contributed by atoms with van der Waals surface area (Å²) in [6.07, 6.45) is -0.316. The second-order valence-electron chi connectivity index (χ2n) is 11.5. The van der Waals surface area contributed by atoms with Gasteiger partial charge in [0.1, 0.15) is 17.2 Å². The maximum Gasteiger partial charge on any atom is 0.416 e. The third-order valence-electron chi connectivity index (χ3n) is 8.84. The molecule has 3 fully saturated rings. The van der Waals surface area contributed by atoms with Gasteiger partial charge in [-0.1, -0.05) is 6.07 Å². The highest BCUT2D eigenvalue weighted by molar-refractivity contribution is 5.88. The van der Waals surface area contributed by atoms with E-state index >= 15 is 0 Å². The summed E-state index contributed by atoms with van der Waals surface area (Å²) >= 11 is 0. The van der Waals surface area contributed by atoms with Crippen molar-refractivity contribution in [3.63, 3.8) is 0 Å². The summed E-state index contributed by atoms with van der Waals surface area (Å²) in [5.41, 5.74) is -1.65. The Morgan fingerprint density at radius 1 is 1.05 bits per heavy atom. The van der Waals surface area contributed by atoms with Gasteiger partial charge in [0.15, 0.2) is 0 Å². The first-order valence-electron chi connectivity index (χ1n) is 14.0. The smallest absolute Gasteiger partial charge is 0.416 e. The molecule has 0 aromatic heterocycles. The Morgan fingerprint density at radius 3 is 2.34 bits per heavy atom. The lowest BCUT2D eigenvalue weighted by molar-refractivity contribution is -0.166. The minimum Gasteiger partial charge on any atom is -0.478 e. The van der Waals surface area contributed by atoms with Crippen molar-refractivity contribution in [3.05, 3.63) is 70.3 Å². The van der Waals surface area contributed by atoms with Gasteiger partial charge in [-0.3, -0.25) is 9.69 Å². The second kappa shape index (κ2) is 11.3. The molecule has 1 saturated carbocycles. The van der Waals surface area contributed by atoms with Gasteiger partial charge in [0.05, 0.1) is 23.8 Å². The average molecular weight is 581 g/mol. The van der Waals surface area contributed by atoms with Crippen LogP contribution in [0.25, 0.3) is 0 Å². The number of amides is 1. The number of ether oxygens (including phenoxy) is 1. The molecule has 5 rings (SSSR count). The molecule has 0 bridgehead atoms. The third-order valence-corrected chi connectivity index (χ3v) is 8.84. The van der Waals surface area contributed by atoms with E-state index in [9.17, 15) is 36.6 Å². The van der Waals surface area contributed by atoms with E-state index in [4.69, 9.17) is 4.74 Å². The quantitative estimate of drug-likeness (QED) is 0.389. The molecule has 1 amide bonds. The maximum absolute atomic E-state index is 13.9. The van der Waals surface area contributed by atoms with Gasteiger partial charge in [0.2, 0.25) is 0 Å². The topological polar surface area (TPSA) is 78.9 Å². The lowest BCUT2D eigenvalue weighted by atomic mass is 9.84. The van der Waals surface area contributed by atoms with Crippen LogP contribution in [-0.4, -0.2) is 53.2 Å². The number of likely N-dealkylation sites (tertiary alicyclic amines) is 1. The predicted octanol–water partition coefficient (Wildman–Crippen LogP) is 6.07. The van der Waals surface area contributed by atoms with Gasteiger partial charge in [-0.25, -0.2) is 13.6 Å². The average Bonchev–Trinajstić information content (AvgIpc) is 3.79. The number of carboxylic acids is 1. The summed E-state index contributed by atoms with van der Waals surface area (Å²) in [5, 5.41) is 12.0. The van der Waals surface area contributed by atoms with E-state index < -0.39 is 41.0 Å². The second-order valence-corrected chi connectivity index (χ2v) is 11.5. The Labute approximate surface area is 234 Å². The summed E-state index contributed by atoms with van der Waals surface area (Å²) in [6.45, 7) is 3.36. The number of carboxylic acid groups (broad SMARTS) is 1. The highest BCUT2D eigenvalue weighted by Crippen LogP contribution is 2.48. The molecule has 11 heteroatoms. The van der Waals surface area contributed by atoms with E-state index in [0.717, 1.165) is 56.5 Å². The number of carbonyl (C=O) groups excluding carboxylic acids is 1. The van der Waals surface area contributed by atoms with E-state index in [1.54, 1.807) is 6.07 Å². The molecule has 2 heterocycles. The van der Waals surface area contributed by atoms with E-state index in [1.165, 1.54) is 19.1 Å². The molecule has 6 nitrogen and oxygen atoms in total. The van der Waals surface area contributed by atoms with Crippen LogP contribution >= 0.6 is 0 Å². The Kier molecular flexibility index (Phi) is 8.13. The van der Waals surface area contributed by atoms with Crippen molar-refractivity contribution in [3.8, 4) is 0 Å². The number of nitrogens with zero attached hydrogens (tertiary/aromatic N) is 1. The van der Waals surface area contributed by atoms with Crippen LogP contribution in [0.2, 0.25) is 0 Å². The summed E-state index contributed by atoms with van der Waals surface area (Å²) in [4.78, 5) is 27.1. The van der Waals surface area contributed by atoms with Crippen molar-refractivity contribution in [1.82, 2.24) is 10.2 Å². The van der Waals surface area contributed by atoms with E-state index in [2.05, 4.69) is 10.2 Å². The summed E-state index contributed by atoms with van der Waals surface area (Å²) in [6, 6.07) is 5.80. The number of piperidine rings is 1. The van der Waals surface area contributed by atoms with Gasteiger partial charge in [0, 0.05) is 6.04 Å². The van der Waals surface area contributed by atoms with Crippen LogP contribution < -0.4 is 5.32 Å². The van der Waals surface area contributed by atoms with Crippen molar-refractivity contribution < 1.29 is 41.4 Å². The fraction of sp³-hybridized carbons (Fsp3) is 0.533. The first-order chi connectivity index (χ1) is 19.4. The molecule has 3 aliphatic rings. The van der Waals surface area contributed by atoms with Crippen molar-refractivity contribution in [1.29, 1.82) is 0 Å². The molecule has 0 spiro atoms. The van der Waals surface area contributed by atoms with Crippen molar-refractivity contribution in [2.24, 2.45) is 5.92 Å². The standard InChI is InChI=1S/C30H33F5N2O4/c1-17(20-12-22(30(33,34)35)15-23(31)13-20)36-28(40)29(21-3-4-21)9-6-24(16-41-29)37-10-7-18(8-11-37)19-2-5-26(32)25(14-19)27(38)39/h2,5,12-15,17-18,21,24H,3-4,6-11,16H2,1H3,(H,36,40)(H,38,39)/t17-,24-,29+/m1/s1. The molecule has 2 aromatic rings. The molecular formula is C30H33F5N2O4. The van der Waals surface area contributed by atoms with Crippen molar-refractivity contribution in [2.75, 3.05) is 19.7 Å². The molecule has 2 aromatic carbocycles. The van der Waals surface area contributed by atoms with Gasteiger partial charge in [-0.15, -0.1) is 0 Å². The largest absolute Gasteiger partial charge is 0.478 e. The summed E-state index contributed by atoms with van der Waals surface area (Å²) < 4.78 is 73.6. The van der Waals surface area contributed by atoms with Crippen molar-refractivity contribution >= 4 is 11.9 Å². The Bertz CT molecular complexity index is 1300. The number of alkyl halides is 3. The number of benzene rings is 2. The summed E-state index contributed by atoms with van der Waals surface area (Å²) in [7, 11) is 0. The van der Waals surface area contributed by atoms with Gasteiger partial charge >= 0.3 is 12.1 Å². The summed E-state index contributed by atoms with van der Waals surface area (Å²) in [5.74, 6) is -3.30. The fourth-order valence-corrected chi connectivity index (χ4v) is 6.29. The normalized spacial score (nSPS) is 25.1. The maximum atomic E-state index is 13.9. The Balaban J connectivity index is 1.19. The zero-order chi connectivity index (χ0) is 29.5. The highest BCUT2D eigenvalue weighted by Gasteiger charge is 2.54. The van der Waals surface area contributed by atoms with Gasteiger partial charge < -0.3 is 15.2 Å². The van der Waals surface area contributed by atoms with Crippen molar-refractivity contribution in [2.45, 2.75) is 75.2 Å². The first-order valence-corrected chi connectivity index (χ1v) is 14.0. The van der Waals surface area contributed by atoms with Crippen LogP contribution in [0.1, 0.15) is 84.5 Å². The lowest BCUT2D eigenvalue weighted by Crippen LogP contribution is -2.57. The van der Waals surface area contributed by atoms with E-state index in [0.29, 0.717) is 25.5 Å². The van der Waals surface area contributed by atoms with Crippen LogP contribution in [0.4, 0.5) is 22.0 Å². The van der Waals surface area contributed by atoms with Gasteiger partial charge in [-0.2, -0.15) is 13.2 Å². The van der Waals surface area contributed by atoms with Crippen LogP contribution in [0.3, 0.4) is 0 Å². The zero-order valence-electron chi connectivity index (χ0n) is 22.6. The molecule has 0 radical (unpaired) electrons. The van der Waals surface area contributed by atoms with E-state index in [1.807, 2.05) is 0 Å². The highest BCUT2D eigenvalue weighted by atomic mass is 19.4. The molecular weight excluding hydrogens is 547 g/mol. The van der Waals surface area contributed by atoms with Gasteiger partial charge in [0.25, 0.3) is 5.91 Å². The molecule has 0 unspecified atom stereocenters. The van der Waals surface area contributed by atoms with E-state index in [-0.39, 0.29) is 34.9 Å². The molecule has 2 aliphatic heterocycles. The monoisotopic (exact) mass is 580 g/mol. The zero-order valence-corrected chi connectivity index (χ0v) is 22.6. The number of carbonyl (C=O) groups is 2. The molecule has 222 valence electrons. The van der Waals surface area contributed by atoms with Crippen LogP contribution in [0.15, 0.2) is 36.4 Å². The van der Waals surface area contributed by atoms with Crippen LogP contribution in [0, 0.1) is 17.6 Å². The number of rotatable bonds is 7. The lowest BCUT2D eigenvalue weighted by Gasteiger charge is -2.45. The number of nitrogens with one attached hydrogen (secondary N) is 1.